The van der Waals surface area contributed by atoms with E-state index < -0.39 is 11.7 Å². The zero-order valence-corrected chi connectivity index (χ0v) is 11.3. The number of pyridine rings is 1. The predicted octanol–water partition coefficient (Wildman–Crippen LogP) is 2.30. The molecule has 0 saturated carbocycles. The van der Waals surface area contributed by atoms with Crippen molar-refractivity contribution in [3.8, 4) is 0 Å². The Hall–Kier alpha value is -1.63. The average molecular weight is 289 g/mol. The van der Waals surface area contributed by atoms with Gasteiger partial charge in [0.15, 0.2) is 0 Å². The predicted molar refractivity (Wildman–Crippen MR) is 69.1 cm³/mol. The number of unbranched alkanes of at least 4 members (excludes halogenated alkanes) is 2. The second-order valence-corrected chi connectivity index (χ2v) is 4.51. The normalized spacial score (nSPS) is 11.4. The third kappa shape index (κ3) is 4.80. The highest BCUT2D eigenvalue weighted by molar-refractivity contribution is 5.92. The Morgan fingerprint density at radius 3 is 2.50 bits per heavy atom. The second kappa shape index (κ2) is 7.23. The monoisotopic (exact) mass is 289 g/mol. The summed E-state index contributed by atoms with van der Waals surface area (Å²) >= 11 is 0. The summed E-state index contributed by atoms with van der Waals surface area (Å²) in [5.41, 5.74) is 4.51. The third-order valence-corrected chi connectivity index (χ3v) is 2.85. The molecule has 2 N–H and O–H groups in total. The van der Waals surface area contributed by atoms with Crippen LogP contribution in [0.2, 0.25) is 0 Å². The number of hydrogen-bond acceptors (Lipinski definition) is 3. The Labute approximate surface area is 115 Å². The zero-order chi connectivity index (χ0) is 15.2. The quantitative estimate of drug-likeness (QED) is 0.817. The zero-order valence-electron chi connectivity index (χ0n) is 11.3. The van der Waals surface area contributed by atoms with Gasteiger partial charge in [-0.15, -0.1) is 0 Å². The minimum Gasteiger partial charge on any atom is -0.340 e. The molecule has 0 fully saturated rings. The number of carbonyl (C=O) groups excluding carboxylic acids is 1. The number of nitrogens with two attached hydrogens (primary N) is 1. The molecule has 1 aromatic heterocycles. The van der Waals surface area contributed by atoms with Crippen molar-refractivity contribution in [2.75, 3.05) is 20.1 Å². The lowest BCUT2D eigenvalue weighted by molar-refractivity contribution is -0.137. The van der Waals surface area contributed by atoms with E-state index in [1.165, 1.54) is 4.90 Å². The van der Waals surface area contributed by atoms with Crippen molar-refractivity contribution in [2.24, 2.45) is 5.73 Å². The van der Waals surface area contributed by atoms with Gasteiger partial charge in [0.1, 0.15) is 5.69 Å². The molecule has 1 heterocycles. The van der Waals surface area contributed by atoms with Crippen LogP contribution in [0.4, 0.5) is 13.2 Å². The van der Waals surface area contributed by atoms with Crippen LogP contribution in [-0.2, 0) is 6.18 Å². The van der Waals surface area contributed by atoms with Crippen molar-refractivity contribution < 1.29 is 18.0 Å². The van der Waals surface area contributed by atoms with Gasteiger partial charge in [0.25, 0.3) is 5.91 Å². The van der Waals surface area contributed by atoms with Crippen LogP contribution in [-0.4, -0.2) is 35.9 Å². The molecule has 0 aliphatic rings. The summed E-state index contributed by atoms with van der Waals surface area (Å²) in [6.07, 6.45) is -1.16. The molecule has 4 nitrogen and oxygen atoms in total. The number of amides is 1. The maximum absolute atomic E-state index is 12.4. The van der Waals surface area contributed by atoms with Crippen molar-refractivity contribution in [1.29, 1.82) is 0 Å². The first-order valence-electron chi connectivity index (χ1n) is 6.35. The fourth-order valence-corrected chi connectivity index (χ4v) is 1.66. The molecule has 0 aliphatic heterocycles. The van der Waals surface area contributed by atoms with E-state index in [1.807, 2.05) is 0 Å². The van der Waals surface area contributed by atoms with Gasteiger partial charge in [-0.05, 0) is 31.5 Å². The number of carbonyl (C=O) groups is 1. The second-order valence-electron chi connectivity index (χ2n) is 4.51. The molecule has 0 bridgehead atoms. The van der Waals surface area contributed by atoms with Gasteiger partial charge in [-0.3, -0.25) is 9.78 Å². The standard InChI is InChI=1S/C13H18F3N3O/c1-19(8-4-2-3-7-17)12(20)11-6-5-10(9-18-11)13(14,15)16/h5-6,9H,2-4,7-8,17H2,1H3. The van der Waals surface area contributed by atoms with Gasteiger partial charge < -0.3 is 10.6 Å². The van der Waals surface area contributed by atoms with Crippen LogP contribution in [0.5, 0.6) is 0 Å². The Morgan fingerprint density at radius 1 is 1.30 bits per heavy atom. The van der Waals surface area contributed by atoms with Gasteiger partial charge >= 0.3 is 6.18 Å². The molecular formula is C13H18F3N3O. The lowest BCUT2D eigenvalue weighted by Crippen LogP contribution is -2.28. The van der Waals surface area contributed by atoms with Crippen LogP contribution in [0.3, 0.4) is 0 Å². The van der Waals surface area contributed by atoms with E-state index in [-0.39, 0.29) is 11.6 Å². The summed E-state index contributed by atoms with van der Waals surface area (Å²) < 4.78 is 37.1. The summed E-state index contributed by atoms with van der Waals surface area (Å²) in [6.45, 7) is 1.14. The highest BCUT2D eigenvalue weighted by Gasteiger charge is 2.31. The van der Waals surface area contributed by atoms with E-state index in [0.717, 1.165) is 31.4 Å². The average Bonchev–Trinajstić information content (AvgIpc) is 2.41. The van der Waals surface area contributed by atoms with Gasteiger partial charge in [0.05, 0.1) is 5.56 Å². The van der Waals surface area contributed by atoms with Crippen LogP contribution < -0.4 is 5.73 Å². The third-order valence-electron chi connectivity index (χ3n) is 2.85. The highest BCUT2D eigenvalue weighted by atomic mass is 19.4. The van der Waals surface area contributed by atoms with Crippen molar-refractivity contribution in [3.63, 3.8) is 0 Å². The summed E-state index contributed by atoms with van der Waals surface area (Å²) in [6, 6.07) is 1.96. The fraction of sp³-hybridized carbons (Fsp3) is 0.538. The molecule has 0 atom stereocenters. The molecule has 0 saturated heterocycles. The van der Waals surface area contributed by atoms with E-state index in [1.54, 1.807) is 7.05 Å². The smallest absolute Gasteiger partial charge is 0.340 e. The number of hydrogen-bond donors (Lipinski definition) is 1. The number of alkyl halides is 3. The summed E-state index contributed by atoms with van der Waals surface area (Å²) in [5.74, 6) is -0.383. The van der Waals surface area contributed by atoms with Crippen molar-refractivity contribution in [2.45, 2.75) is 25.4 Å². The first kappa shape index (κ1) is 16.4. The number of nitrogens with zero attached hydrogens (tertiary/aromatic N) is 2. The van der Waals surface area contributed by atoms with Gasteiger partial charge in [-0.1, -0.05) is 6.42 Å². The van der Waals surface area contributed by atoms with Gasteiger partial charge in [0, 0.05) is 19.8 Å². The molecule has 1 aromatic rings. The molecule has 0 aliphatic carbocycles. The van der Waals surface area contributed by atoms with Crippen LogP contribution in [0, 0.1) is 0 Å². The molecule has 1 rings (SSSR count). The molecule has 0 spiro atoms. The molecule has 20 heavy (non-hydrogen) atoms. The molecule has 0 aromatic carbocycles. The molecule has 7 heteroatoms. The van der Waals surface area contributed by atoms with Crippen molar-refractivity contribution in [1.82, 2.24) is 9.88 Å². The summed E-state index contributed by atoms with van der Waals surface area (Å²) in [7, 11) is 1.60. The van der Waals surface area contributed by atoms with E-state index in [9.17, 15) is 18.0 Å². The fourth-order valence-electron chi connectivity index (χ4n) is 1.66. The van der Waals surface area contributed by atoms with Crippen molar-refractivity contribution in [3.05, 3.63) is 29.6 Å². The Kier molecular flexibility index (Phi) is 5.94. The summed E-state index contributed by atoms with van der Waals surface area (Å²) in [5, 5.41) is 0. The largest absolute Gasteiger partial charge is 0.417 e. The van der Waals surface area contributed by atoms with Gasteiger partial charge in [0.2, 0.25) is 0 Å². The summed E-state index contributed by atoms with van der Waals surface area (Å²) in [4.78, 5) is 17.0. The lowest BCUT2D eigenvalue weighted by atomic mass is 10.2. The molecule has 0 radical (unpaired) electrons. The topological polar surface area (TPSA) is 59.2 Å². The molecule has 0 unspecified atom stereocenters. The number of halogens is 3. The van der Waals surface area contributed by atoms with E-state index in [2.05, 4.69) is 4.98 Å². The highest BCUT2D eigenvalue weighted by Crippen LogP contribution is 2.28. The van der Waals surface area contributed by atoms with E-state index in [4.69, 9.17) is 5.73 Å². The SMILES string of the molecule is CN(CCCCCN)C(=O)c1ccc(C(F)(F)F)cn1. The van der Waals surface area contributed by atoms with Gasteiger partial charge in [-0.25, -0.2) is 0 Å². The van der Waals surface area contributed by atoms with Crippen LogP contribution in [0.1, 0.15) is 35.3 Å². The maximum atomic E-state index is 12.4. The number of aromatic nitrogens is 1. The Morgan fingerprint density at radius 2 is 2.00 bits per heavy atom. The van der Waals surface area contributed by atoms with E-state index >= 15 is 0 Å². The lowest BCUT2D eigenvalue weighted by Gasteiger charge is -2.16. The Bertz CT molecular complexity index is 431. The first-order chi connectivity index (χ1) is 9.36. The van der Waals surface area contributed by atoms with E-state index in [0.29, 0.717) is 19.3 Å². The van der Waals surface area contributed by atoms with Crippen LogP contribution in [0.25, 0.3) is 0 Å². The minimum atomic E-state index is -4.44. The molecular weight excluding hydrogens is 271 g/mol. The first-order valence-corrected chi connectivity index (χ1v) is 6.35. The number of rotatable bonds is 6. The van der Waals surface area contributed by atoms with Crippen LogP contribution in [0.15, 0.2) is 18.3 Å². The van der Waals surface area contributed by atoms with Crippen molar-refractivity contribution >= 4 is 5.91 Å². The van der Waals surface area contributed by atoms with Crippen LogP contribution >= 0.6 is 0 Å². The minimum absolute atomic E-state index is 0.0133. The Balaban J connectivity index is 2.59. The molecule has 1 amide bonds. The van der Waals surface area contributed by atoms with Gasteiger partial charge in [-0.2, -0.15) is 13.2 Å². The maximum Gasteiger partial charge on any atom is 0.417 e. The molecule has 112 valence electrons.